The Morgan fingerprint density at radius 3 is 2.54 bits per heavy atom. The third-order valence-corrected chi connectivity index (χ3v) is 6.34. The van der Waals surface area contributed by atoms with Gasteiger partial charge < -0.3 is 30.3 Å². The van der Waals surface area contributed by atoms with E-state index in [9.17, 15) is 14.4 Å². The summed E-state index contributed by atoms with van der Waals surface area (Å²) >= 11 is 0. The molecule has 0 radical (unpaired) electrons. The summed E-state index contributed by atoms with van der Waals surface area (Å²) in [6, 6.07) is 14.6. The maximum Gasteiger partial charge on any atom is 0.239 e. The number of hydrogen-bond donors (Lipinski definition) is 2. The van der Waals surface area contributed by atoms with Gasteiger partial charge in [0.05, 0.1) is 38.3 Å². The van der Waals surface area contributed by atoms with Gasteiger partial charge in [-0.05, 0) is 48.7 Å². The third kappa shape index (κ3) is 6.37. The molecule has 9 nitrogen and oxygen atoms in total. The molecule has 0 saturated carbocycles. The van der Waals surface area contributed by atoms with Crippen LogP contribution >= 0.6 is 0 Å². The molecule has 3 N–H and O–H groups in total. The average Bonchev–Trinajstić information content (AvgIpc) is 2.86. The highest BCUT2D eigenvalue weighted by Gasteiger charge is 2.33. The standard InChI is InChI=1S/C26H32N4O5/c1-2-29-16-24(31)28-22-15-30(26(33)14-27)10-9-23(22)34-17-19-6-4-8-21(12-19)35-20-7-3-5-18(11-20)13-25(29)32/h3-8,11-12,22-23H,2,9-10,13-17,27H2,1H3,(H,28,31)/t22-,23-/m0/s1. The lowest BCUT2D eigenvalue weighted by Crippen LogP contribution is -2.59. The van der Waals surface area contributed by atoms with Crippen LogP contribution in [0.3, 0.4) is 0 Å². The fraction of sp³-hybridized carbons (Fsp3) is 0.423. The molecule has 0 aromatic heterocycles. The second-order valence-corrected chi connectivity index (χ2v) is 8.84. The SMILES string of the molecule is CCN1CC(=O)N[C@H]2CN(C(=O)CN)CC[C@@H]2OCc2cccc(c2)Oc2cccc(c2)CC1=O. The highest BCUT2D eigenvalue weighted by atomic mass is 16.5. The van der Waals surface area contributed by atoms with Crippen LogP contribution < -0.4 is 15.8 Å². The van der Waals surface area contributed by atoms with Crippen molar-refractivity contribution < 1.29 is 23.9 Å². The summed E-state index contributed by atoms with van der Waals surface area (Å²) in [4.78, 5) is 41.3. The van der Waals surface area contributed by atoms with Crippen molar-refractivity contribution in [2.75, 3.05) is 32.7 Å². The molecule has 35 heavy (non-hydrogen) atoms. The van der Waals surface area contributed by atoms with Crippen molar-refractivity contribution in [1.29, 1.82) is 0 Å². The summed E-state index contributed by atoms with van der Waals surface area (Å²) in [5.74, 6) is 0.697. The number of likely N-dealkylation sites (N-methyl/N-ethyl adjacent to an activating group) is 1. The lowest BCUT2D eigenvalue weighted by molar-refractivity contribution is -0.138. The topological polar surface area (TPSA) is 114 Å². The van der Waals surface area contributed by atoms with Crippen LogP contribution in [0.4, 0.5) is 0 Å². The van der Waals surface area contributed by atoms with E-state index in [-0.39, 0.29) is 43.3 Å². The molecule has 186 valence electrons. The predicted octanol–water partition coefficient (Wildman–Crippen LogP) is 1.44. The van der Waals surface area contributed by atoms with Gasteiger partial charge >= 0.3 is 0 Å². The zero-order chi connectivity index (χ0) is 24.8. The Kier molecular flexibility index (Phi) is 7.99. The molecular weight excluding hydrogens is 448 g/mol. The lowest BCUT2D eigenvalue weighted by Gasteiger charge is -2.39. The quantitative estimate of drug-likeness (QED) is 0.673. The zero-order valence-electron chi connectivity index (χ0n) is 19.9. The van der Waals surface area contributed by atoms with Crippen molar-refractivity contribution in [2.24, 2.45) is 5.73 Å². The van der Waals surface area contributed by atoms with E-state index in [1.54, 1.807) is 4.90 Å². The number of amides is 3. The Morgan fingerprint density at radius 1 is 1.11 bits per heavy atom. The van der Waals surface area contributed by atoms with E-state index in [0.717, 1.165) is 11.1 Å². The smallest absolute Gasteiger partial charge is 0.239 e. The maximum atomic E-state index is 13.0. The summed E-state index contributed by atoms with van der Waals surface area (Å²) in [6.07, 6.45) is 0.434. The summed E-state index contributed by atoms with van der Waals surface area (Å²) in [6.45, 7) is 3.23. The van der Waals surface area contributed by atoms with Gasteiger partial charge in [-0.15, -0.1) is 0 Å². The van der Waals surface area contributed by atoms with E-state index in [1.807, 2.05) is 55.5 Å². The van der Waals surface area contributed by atoms with Gasteiger partial charge in [0.15, 0.2) is 0 Å². The Morgan fingerprint density at radius 2 is 1.83 bits per heavy atom. The van der Waals surface area contributed by atoms with Crippen LogP contribution in [0.25, 0.3) is 0 Å². The second-order valence-electron chi connectivity index (χ2n) is 8.84. The largest absolute Gasteiger partial charge is 0.457 e. The van der Waals surface area contributed by atoms with Gasteiger partial charge in [0.25, 0.3) is 0 Å². The number of hydrogen-bond acceptors (Lipinski definition) is 6. The molecule has 0 unspecified atom stereocenters. The zero-order valence-corrected chi connectivity index (χ0v) is 19.9. The van der Waals surface area contributed by atoms with E-state index in [0.29, 0.717) is 44.2 Å². The first kappa shape index (κ1) is 24.7. The van der Waals surface area contributed by atoms with Gasteiger partial charge in [-0.25, -0.2) is 0 Å². The molecule has 1 saturated heterocycles. The van der Waals surface area contributed by atoms with E-state index in [2.05, 4.69) is 5.32 Å². The monoisotopic (exact) mass is 480 g/mol. The number of fused-ring (bicyclic) bond motifs is 5. The van der Waals surface area contributed by atoms with Crippen molar-refractivity contribution in [3.63, 3.8) is 0 Å². The van der Waals surface area contributed by atoms with Gasteiger partial charge in [-0.2, -0.15) is 0 Å². The molecule has 4 bridgehead atoms. The van der Waals surface area contributed by atoms with Crippen LogP contribution in [-0.4, -0.2) is 72.4 Å². The van der Waals surface area contributed by atoms with E-state index in [1.165, 1.54) is 4.90 Å². The van der Waals surface area contributed by atoms with Crippen LogP contribution in [0.2, 0.25) is 0 Å². The number of rotatable bonds is 2. The molecule has 9 heteroatoms. The van der Waals surface area contributed by atoms with Gasteiger partial charge in [-0.1, -0.05) is 24.3 Å². The molecule has 0 aliphatic carbocycles. The molecule has 4 rings (SSSR count). The Labute approximate surface area is 205 Å². The predicted molar refractivity (Wildman–Crippen MR) is 130 cm³/mol. The minimum Gasteiger partial charge on any atom is -0.457 e. The van der Waals surface area contributed by atoms with Crippen LogP contribution in [0, 0.1) is 0 Å². The number of carbonyl (C=O) groups excluding carboxylic acids is 3. The Hall–Kier alpha value is -3.43. The molecule has 0 spiro atoms. The summed E-state index contributed by atoms with van der Waals surface area (Å²) in [5, 5.41) is 3.00. The number of ether oxygens (including phenoxy) is 2. The molecule has 2 heterocycles. The van der Waals surface area contributed by atoms with Gasteiger partial charge in [-0.3, -0.25) is 14.4 Å². The Balaban J connectivity index is 1.61. The second kappa shape index (κ2) is 11.3. The number of nitrogens with two attached hydrogens (primary N) is 1. The van der Waals surface area contributed by atoms with Gasteiger partial charge in [0.2, 0.25) is 17.7 Å². The third-order valence-electron chi connectivity index (χ3n) is 6.34. The van der Waals surface area contributed by atoms with Crippen molar-refractivity contribution in [3.8, 4) is 11.5 Å². The van der Waals surface area contributed by atoms with Gasteiger partial charge in [0.1, 0.15) is 11.5 Å². The summed E-state index contributed by atoms with van der Waals surface area (Å²) in [7, 11) is 0. The number of nitrogens with zero attached hydrogens (tertiary/aromatic N) is 2. The highest BCUT2D eigenvalue weighted by molar-refractivity contribution is 5.86. The van der Waals surface area contributed by atoms with Crippen molar-refractivity contribution in [3.05, 3.63) is 59.7 Å². The maximum absolute atomic E-state index is 13.0. The number of piperidine rings is 1. The molecular formula is C26H32N4O5. The van der Waals surface area contributed by atoms with Crippen molar-refractivity contribution in [1.82, 2.24) is 15.1 Å². The van der Waals surface area contributed by atoms with Crippen LogP contribution in [0.1, 0.15) is 24.5 Å². The van der Waals surface area contributed by atoms with Crippen LogP contribution in [0.5, 0.6) is 11.5 Å². The minimum atomic E-state index is -0.411. The van der Waals surface area contributed by atoms with Crippen LogP contribution in [0.15, 0.2) is 48.5 Å². The summed E-state index contributed by atoms with van der Waals surface area (Å²) < 4.78 is 12.3. The first-order valence-corrected chi connectivity index (χ1v) is 12.0. The van der Waals surface area contributed by atoms with Crippen molar-refractivity contribution in [2.45, 2.75) is 38.5 Å². The number of benzene rings is 2. The van der Waals surface area contributed by atoms with Gasteiger partial charge in [0, 0.05) is 19.6 Å². The van der Waals surface area contributed by atoms with E-state index in [4.69, 9.17) is 15.2 Å². The first-order chi connectivity index (χ1) is 16.9. The normalized spacial score (nSPS) is 21.4. The molecule has 2 atom stereocenters. The van der Waals surface area contributed by atoms with E-state index < -0.39 is 6.04 Å². The molecule has 1 fully saturated rings. The fourth-order valence-electron chi connectivity index (χ4n) is 4.47. The Bertz CT molecular complexity index is 1080. The summed E-state index contributed by atoms with van der Waals surface area (Å²) in [5.41, 5.74) is 7.29. The number of carbonyl (C=O) groups is 3. The molecule has 3 amide bonds. The number of nitrogens with one attached hydrogen (secondary N) is 1. The molecule has 2 aliphatic rings. The van der Waals surface area contributed by atoms with Crippen molar-refractivity contribution >= 4 is 17.7 Å². The van der Waals surface area contributed by atoms with E-state index >= 15 is 0 Å². The molecule has 2 aromatic rings. The highest BCUT2D eigenvalue weighted by Crippen LogP contribution is 2.25. The number of likely N-dealkylation sites (tertiary alicyclic amines) is 1. The fourth-order valence-corrected chi connectivity index (χ4v) is 4.47. The lowest BCUT2D eigenvalue weighted by atomic mass is 10.0. The minimum absolute atomic E-state index is 0.0691. The molecule has 2 aromatic carbocycles. The molecule has 2 aliphatic heterocycles. The first-order valence-electron chi connectivity index (χ1n) is 12.0. The van der Waals surface area contributed by atoms with Crippen LogP contribution in [-0.2, 0) is 32.1 Å². The average molecular weight is 481 g/mol.